The number of hydrogen-bond acceptors (Lipinski definition) is 3. The van der Waals surface area contributed by atoms with Gasteiger partial charge in [0.1, 0.15) is 18.2 Å². The van der Waals surface area contributed by atoms with Gasteiger partial charge in [-0.1, -0.05) is 12.8 Å². The lowest BCUT2D eigenvalue weighted by molar-refractivity contribution is 0.00110. The maximum absolute atomic E-state index is 13.2. The molecule has 0 spiro atoms. The molecule has 0 radical (unpaired) electrons. The molecule has 0 saturated heterocycles. The summed E-state index contributed by atoms with van der Waals surface area (Å²) in [5.41, 5.74) is 0.0739. The first-order valence-corrected chi connectivity index (χ1v) is 6.41. The summed E-state index contributed by atoms with van der Waals surface area (Å²) in [7, 11) is 1.80. The van der Waals surface area contributed by atoms with Crippen molar-refractivity contribution in [1.29, 1.82) is 0 Å². The molecule has 0 heterocycles. The van der Waals surface area contributed by atoms with Crippen LogP contribution in [0.1, 0.15) is 31.2 Å². The number of nitrogens with one attached hydrogen (secondary N) is 1. The molecule has 3 nitrogen and oxygen atoms in total. The van der Waals surface area contributed by atoms with Crippen LogP contribution in [0.15, 0.2) is 18.2 Å². The van der Waals surface area contributed by atoms with Crippen LogP contribution >= 0.6 is 0 Å². The molecule has 2 rings (SSSR count). The number of ether oxygens (including phenoxy) is 1. The van der Waals surface area contributed by atoms with Gasteiger partial charge in [0.2, 0.25) is 0 Å². The molecule has 0 aromatic heterocycles. The molecule has 1 fully saturated rings. The van der Waals surface area contributed by atoms with Crippen LogP contribution in [-0.2, 0) is 6.54 Å². The third-order valence-electron chi connectivity index (χ3n) is 3.42. The molecule has 0 unspecified atom stereocenters. The van der Waals surface area contributed by atoms with Gasteiger partial charge in [0.05, 0.1) is 5.60 Å². The van der Waals surface area contributed by atoms with Crippen LogP contribution in [0, 0.1) is 5.82 Å². The fourth-order valence-electron chi connectivity index (χ4n) is 2.41. The van der Waals surface area contributed by atoms with E-state index < -0.39 is 5.60 Å². The van der Waals surface area contributed by atoms with Crippen LogP contribution in [0.5, 0.6) is 5.75 Å². The molecule has 1 aliphatic rings. The van der Waals surface area contributed by atoms with Crippen molar-refractivity contribution < 1.29 is 14.2 Å². The highest BCUT2D eigenvalue weighted by atomic mass is 19.1. The topological polar surface area (TPSA) is 41.5 Å². The molecule has 1 aromatic rings. The van der Waals surface area contributed by atoms with Gasteiger partial charge in [-0.05, 0) is 38.1 Å². The van der Waals surface area contributed by atoms with Crippen molar-refractivity contribution in [2.45, 2.75) is 37.8 Å². The third kappa shape index (κ3) is 3.21. The van der Waals surface area contributed by atoms with Gasteiger partial charge < -0.3 is 15.2 Å². The van der Waals surface area contributed by atoms with Crippen LogP contribution in [0.4, 0.5) is 4.39 Å². The number of benzene rings is 1. The molecule has 0 aliphatic heterocycles. The summed E-state index contributed by atoms with van der Waals surface area (Å²) in [6, 6.07) is 4.47. The number of hydrogen-bond donors (Lipinski definition) is 2. The van der Waals surface area contributed by atoms with E-state index in [0.717, 1.165) is 31.2 Å². The van der Waals surface area contributed by atoms with E-state index in [1.807, 2.05) is 0 Å². The normalized spacial score (nSPS) is 17.9. The van der Waals surface area contributed by atoms with E-state index in [-0.39, 0.29) is 12.4 Å². The SMILES string of the molecule is CNCc1cc(F)ccc1OCC1(O)CCCC1. The van der Waals surface area contributed by atoms with Crippen LogP contribution in [0.3, 0.4) is 0 Å². The molecule has 0 atom stereocenters. The number of rotatable bonds is 5. The molecular formula is C14H20FNO2. The van der Waals surface area contributed by atoms with Gasteiger partial charge in [0.15, 0.2) is 0 Å². The zero-order chi connectivity index (χ0) is 13.0. The minimum atomic E-state index is -0.703. The predicted octanol–water partition coefficient (Wildman–Crippen LogP) is 2.23. The lowest BCUT2D eigenvalue weighted by Gasteiger charge is -2.23. The van der Waals surface area contributed by atoms with Crippen molar-refractivity contribution in [2.75, 3.05) is 13.7 Å². The second kappa shape index (κ2) is 5.67. The summed E-state index contributed by atoms with van der Waals surface area (Å²) in [6.45, 7) is 0.834. The molecule has 1 saturated carbocycles. The van der Waals surface area contributed by atoms with E-state index in [4.69, 9.17) is 4.74 Å². The molecule has 1 aliphatic carbocycles. The first-order valence-electron chi connectivity index (χ1n) is 6.41. The van der Waals surface area contributed by atoms with E-state index >= 15 is 0 Å². The van der Waals surface area contributed by atoms with Crippen molar-refractivity contribution in [3.63, 3.8) is 0 Å². The third-order valence-corrected chi connectivity index (χ3v) is 3.42. The Balaban J connectivity index is 2.03. The highest BCUT2D eigenvalue weighted by molar-refractivity contribution is 5.34. The Morgan fingerprint density at radius 3 is 2.78 bits per heavy atom. The van der Waals surface area contributed by atoms with Crippen LogP contribution in [0.25, 0.3) is 0 Å². The van der Waals surface area contributed by atoms with Crippen molar-refractivity contribution in [3.05, 3.63) is 29.6 Å². The molecule has 0 bridgehead atoms. The standard InChI is InChI=1S/C14H20FNO2/c1-16-9-11-8-12(15)4-5-13(11)18-10-14(17)6-2-3-7-14/h4-5,8,16-17H,2-3,6-7,9-10H2,1H3. The van der Waals surface area contributed by atoms with Crippen LogP contribution in [-0.4, -0.2) is 24.4 Å². The second-order valence-electron chi connectivity index (χ2n) is 5.00. The quantitative estimate of drug-likeness (QED) is 0.845. The maximum Gasteiger partial charge on any atom is 0.124 e. The summed E-state index contributed by atoms with van der Waals surface area (Å²) in [4.78, 5) is 0. The van der Waals surface area contributed by atoms with Crippen molar-refractivity contribution in [3.8, 4) is 5.75 Å². The van der Waals surface area contributed by atoms with Crippen molar-refractivity contribution >= 4 is 0 Å². The summed E-state index contributed by atoms with van der Waals surface area (Å²) >= 11 is 0. The largest absolute Gasteiger partial charge is 0.490 e. The fourth-order valence-corrected chi connectivity index (χ4v) is 2.41. The highest BCUT2D eigenvalue weighted by Crippen LogP contribution is 2.30. The van der Waals surface area contributed by atoms with Crippen molar-refractivity contribution in [2.24, 2.45) is 0 Å². The van der Waals surface area contributed by atoms with Gasteiger partial charge in [0.25, 0.3) is 0 Å². The minimum Gasteiger partial charge on any atom is -0.490 e. The molecule has 100 valence electrons. The van der Waals surface area contributed by atoms with Crippen LogP contribution < -0.4 is 10.1 Å². The Morgan fingerprint density at radius 2 is 2.11 bits per heavy atom. The maximum atomic E-state index is 13.2. The second-order valence-corrected chi connectivity index (χ2v) is 5.00. The Labute approximate surface area is 107 Å². The first-order chi connectivity index (χ1) is 8.63. The van der Waals surface area contributed by atoms with Gasteiger partial charge in [0, 0.05) is 12.1 Å². The summed E-state index contributed by atoms with van der Waals surface area (Å²) in [6.07, 6.45) is 3.67. The lowest BCUT2D eigenvalue weighted by Crippen LogP contribution is -2.32. The van der Waals surface area contributed by atoms with Gasteiger partial charge in [-0.3, -0.25) is 0 Å². The van der Waals surface area contributed by atoms with E-state index in [1.54, 1.807) is 13.1 Å². The van der Waals surface area contributed by atoms with E-state index in [0.29, 0.717) is 12.3 Å². The Kier molecular flexibility index (Phi) is 4.19. The Bertz CT molecular complexity index is 403. The molecule has 0 amide bonds. The van der Waals surface area contributed by atoms with Gasteiger partial charge in [-0.2, -0.15) is 0 Å². The minimum absolute atomic E-state index is 0.271. The lowest BCUT2D eigenvalue weighted by atomic mass is 10.0. The van der Waals surface area contributed by atoms with Gasteiger partial charge in [-0.15, -0.1) is 0 Å². The van der Waals surface area contributed by atoms with Gasteiger partial charge in [-0.25, -0.2) is 4.39 Å². The van der Waals surface area contributed by atoms with E-state index in [1.165, 1.54) is 12.1 Å². The average molecular weight is 253 g/mol. The number of halogens is 1. The Morgan fingerprint density at radius 1 is 1.39 bits per heavy atom. The highest BCUT2D eigenvalue weighted by Gasteiger charge is 2.32. The van der Waals surface area contributed by atoms with Crippen LogP contribution in [0.2, 0.25) is 0 Å². The summed E-state index contributed by atoms with van der Waals surface area (Å²) in [5.74, 6) is 0.373. The average Bonchev–Trinajstić information content (AvgIpc) is 2.76. The monoisotopic (exact) mass is 253 g/mol. The molecule has 18 heavy (non-hydrogen) atoms. The zero-order valence-electron chi connectivity index (χ0n) is 10.7. The zero-order valence-corrected chi connectivity index (χ0v) is 10.7. The Hall–Kier alpha value is -1.13. The predicted molar refractivity (Wildman–Crippen MR) is 68.1 cm³/mol. The van der Waals surface area contributed by atoms with E-state index in [2.05, 4.69) is 5.32 Å². The number of aliphatic hydroxyl groups is 1. The van der Waals surface area contributed by atoms with Crippen molar-refractivity contribution in [1.82, 2.24) is 5.32 Å². The van der Waals surface area contributed by atoms with Gasteiger partial charge >= 0.3 is 0 Å². The fraction of sp³-hybridized carbons (Fsp3) is 0.571. The van der Waals surface area contributed by atoms with E-state index in [9.17, 15) is 9.50 Å². The molecular weight excluding hydrogens is 233 g/mol. The molecule has 1 aromatic carbocycles. The summed E-state index contributed by atoms with van der Waals surface area (Å²) < 4.78 is 18.8. The smallest absolute Gasteiger partial charge is 0.124 e. The molecule has 2 N–H and O–H groups in total. The first kappa shape index (κ1) is 13.3. The summed E-state index contributed by atoms with van der Waals surface area (Å²) in [5, 5.41) is 13.2. The molecule has 4 heteroatoms.